The van der Waals surface area contributed by atoms with Gasteiger partial charge >= 0.3 is 5.97 Å². The number of esters is 1. The maximum Gasteiger partial charge on any atom is 0.323 e. The molecular formula is C14H25NO2. The van der Waals surface area contributed by atoms with Crippen molar-refractivity contribution in [3.8, 4) is 0 Å². The summed E-state index contributed by atoms with van der Waals surface area (Å²) in [7, 11) is 0. The molecule has 0 radical (unpaired) electrons. The number of rotatable bonds is 2. The van der Waals surface area contributed by atoms with Gasteiger partial charge in [0.1, 0.15) is 12.1 Å². The van der Waals surface area contributed by atoms with Gasteiger partial charge in [-0.15, -0.1) is 0 Å². The van der Waals surface area contributed by atoms with E-state index in [0.29, 0.717) is 5.92 Å². The van der Waals surface area contributed by atoms with Crippen molar-refractivity contribution in [2.75, 3.05) is 6.54 Å². The molecule has 17 heavy (non-hydrogen) atoms. The molecule has 0 amide bonds. The molecule has 1 N–H and O–H groups in total. The minimum Gasteiger partial charge on any atom is -0.461 e. The van der Waals surface area contributed by atoms with Crippen molar-refractivity contribution in [1.29, 1.82) is 0 Å². The van der Waals surface area contributed by atoms with Crippen molar-refractivity contribution < 1.29 is 9.53 Å². The lowest BCUT2D eigenvalue weighted by Crippen LogP contribution is -2.47. The summed E-state index contributed by atoms with van der Waals surface area (Å²) in [6.45, 7) is 3.10. The van der Waals surface area contributed by atoms with Gasteiger partial charge in [0.25, 0.3) is 0 Å². The Morgan fingerprint density at radius 2 is 1.76 bits per heavy atom. The molecule has 0 aromatic heterocycles. The van der Waals surface area contributed by atoms with E-state index in [1.165, 1.54) is 32.1 Å². The van der Waals surface area contributed by atoms with Crippen LogP contribution in [0.5, 0.6) is 0 Å². The molecule has 1 saturated carbocycles. The molecule has 98 valence electrons. The van der Waals surface area contributed by atoms with Gasteiger partial charge in [-0.3, -0.25) is 4.79 Å². The van der Waals surface area contributed by atoms with Crippen LogP contribution in [0.15, 0.2) is 0 Å². The first kappa shape index (κ1) is 12.9. The third-order valence-electron chi connectivity index (χ3n) is 4.11. The highest BCUT2D eigenvalue weighted by Gasteiger charge is 2.30. The standard InChI is InChI=1S/C14H25NO2/c1-11-7-6-10-15-13(11)14(16)17-12-8-4-2-3-5-9-12/h11-13,15H,2-10H2,1H3. The average molecular weight is 239 g/mol. The normalized spacial score (nSPS) is 31.8. The van der Waals surface area contributed by atoms with E-state index >= 15 is 0 Å². The molecular weight excluding hydrogens is 214 g/mol. The molecule has 0 aromatic rings. The smallest absolute Gasteiger partial charge is 0.323 e. The Labute approximate surface area is 104 Å². The van der Waals surface area contributed by atoms with Crippen LogP contribution in [0, 0.1) is 5.92 Å². The van der Waals surface area contributed by atoms with E-state index in [4.69, 9.17) is 4.74 Å². The van der Waals surface area contributed by atoms with E-state index in [0.717, 1.165) is 25.8 Å². The van der Waals surface area contributed by atoms with Gasteiger partial charge in [0, 0.05) is 0 Å². The molecule has 1 aliphatic heterocycles. The SMILES string of the molecule is CC1CCCNC1C(=O)OC1CCCCCC1. The molecule has 0 bridgehead atoms. The van der Waals surface area contributed by atoms with Gasteiger partial charge in [-0.25, -0.2) is 0 Å². The summed E-state index contributed by atoms with van der Waals surface area (Å²) in [5, 5.41) is 3.30. The van der Waals surface area contributed by atoms with Crippen molar-refractivity contribution in [3.63, 3.8) is 0 Å². The highest BCUT2D eigenvalue weighted by atomic mass is 16.5. The van der Waals surface area contributed by atoms with Gasteiger partial charge in [-0.05, 0) is 51.0 Å². The molecule has 3 nitrogen and oxygen atoms in total. The van der Waals surface area contributed by atoms with Crippen molar-refractivity contribution in [3.05, 3.63) is 0 Å². The molecule has 1 aliphatic carbocycles. The lowest BCUT2D eigenvalue weighted by Gasteiger charge is -2.29. The summed E-state index contributed by atoms with van der Waals surface area (Å²) in [6, 6.07) is -0.0630. The zero-order valence-corrected chi connectivity index (χ0v) is 10.9. The van der Waals surface area contributed by atoms with Gasteiger partial charge in [0.15, 0.2) is 0 Å². The molecule has 0 aromatic carbocycles. The molecule has 2 rings (SSSR count). The summed E-state index contributed by atoms with van der Waals surface area (Å²) in [5.41, 5.74) is 0. The van der Waals surface area contributed by atoms with E-state index in [1.807, 2.05) is 0 Å². The van der Waals surface area contributed by atoms with Crippen molar-refractivity contribution in [1.82, 2.24) is 5.32 Å². The number of nitrogens with one attached hydrogen (secondary N) is 1. The Hall–Kier alpha value is -0.570. The summed E-state index contributed by atoms with van der Waals surface area (Å²) >= 11 is 0. The molecule has 3 heteroatoms. The molecule has 1 heterocycles. The van der Waals surface area contributed by atoms with Gasteiger partial charge in [0.2, 0.25) is 0 Å². The molecule has 2 unspecified atom stereocenters. The van der Waals surface area contributed by atoms with Crippen molar-refractivity contribution in [2.45, 2.75) is 70.4 Å². The van der Waals surface area contributed by atoms with Crippen LogP contribution in [-0.4, -0.2) is 24.7 Å². The Morgan fingerprint density at radius 1 is 1.06 bits per heavy atom. The summed E-state index contributed by atoms with van der Waals surface area (Å²) in [6.07, 6.45) is 9.64. The predicted octanol–water partition coefficient (Wildman–Crippen LogP) is 2.64. The van der Waals surface area contributed by atoms with Gasteiger partial charge in [-0.1, -0.05) is 19.8 Å². The van der Waals surface area contributed by atoms with Crippen LogP contribution < -0.4 is 5.32 Å². The first-order valence-electron chi connectivity index (χ1n) is 7.21. The highest BCUT2D eigenvalue weighted by Crippen LogP contribution is 2.22. The fourth-order valence-electron chi connectivity index (χ4n) is 2.96. The van der Waals surface area contributed by atoms with Crippen LogP contribution in [0.1, 0.15) is 58.3 Å². The Balaban J connectivity index is 1.82. The van der Waals surface area contributed by atoms with E-state index in [1.54, 1.807) is 0 Å². The second kappa shape index (κ2) is 6.39. The zero-order chi connectivity index (χ0) is 12.1. The molecule has 2 aliphatic rings. The number of ether oxygens (including phenoxy) is 1. The van der Waals surface area contributed by atoms with Crippen LogP contribution in [0.3, 0.4) is 0 Å². The van der Waals surface area contributed by atoms with Gasteiger partial charge in [0.05, 0.1) is 0 Å². The topological polar surface area (TPSA) is 38.3 Å². The third kappa shape index (κ3) is 3.70. The third-order valence-corrected chi connectivity index (χ3v) is 4.11. The number of hydrogen-bond acceptors (Lipinski definition) is 3. The van der Waals surface area contributed by atoms with Crippen molar-refractivity contribution >= 4 is 5.97 Å². The number of carbonyl (C=O) groups excluding carboxylic acids is 1. The van der Waals surface area contributed by atoms with Crippen LogP contribution in [0.2, 0.25) is 0 Å². The number of piperidine rings is 1. The minimum atomic E-state index is -0.0630. The molecule has 0 spiro atoms. The Bertz CT molecular complexity index is 247. The summed E-state index contributed by atoms with van der Waals surface area (Å²) < 4.78 is 5.68. The number of hydrogen-bond donors (Lipinski definition) is 1. The zero-order valence-electron chi connectivity index (χ0n) is 10.9. The van der Waals surface area contributed by atoms with Gasteiger partial charge in [-0.2, -0.15) is 0 Å². The highest BCUT2D eigenvalue weighted by molar-refractivity contribution is 5.76. The maximum atomic E-state index is 12.1. The fraction of sp³-hybridized carbons (Fsp3) is 0.929. The number of carbonyl (C=O) groups is 1. The monoisotopic (exact) mass is 239 g/mol. The predicted molar refractivity (Wildman–Crippen MR) is 67.8 cm³/mol. The van der Waals surface area contributed by atoms with E-state index in [-0.39, 0.29) is 18.1 Å². The summed E-state index contributed by atoms with van der Waals surface area (Å²) in [5.74, 6) is 0.408. The first-order chi connectivity index (χ1) is 8.27. The lowest BCUT2D eigenvalue weighted by atomic mass is 9.93. The quantitative estimate of drug-likeness (QED) is 0.594. The summed E-state index contributed by atoms with van der Waals surface area (Å²) in [4.78, 5) is 12.1. The largest absolute Gasteiger partial charge is 0.461 e. The average Bonchev–Trinajstić information content (AvgIpc) is 2.58. The van der Waals surface area contributed by atoms with Crippen molar-refractivity contribution in [2.24, 2.45) is 5.92 Å². The van der Waals surface area contributed by atoms with E-state index in [2.05, 4.69) is 12.2 Å². The molecule has 2 atom stereocenters. The van der Waals surface area contributed by atoms with Crippen LogP contribution in [0.25, 0.3) is 0 Å². The van der Waals surface area contributed by atoms with Crippen LogP contribution in [0.4, 0.5) is 0 Å². The van der Waals surface area contributed by atoms with Gasteiger partial charge < -0.3 is 10.1 Å². The van der Waals surface area contributed by atoms with E-state index < -0.39 is 0 Å². The second-order valence-electron chi connectivity index (χ2n) is 5.60. The second-order valence-corrected chi connectivity index (χ2v) is 5.60. The fourth-order valence-corrected chi connectivity index (χ4v) is 2.96. The lowest BCUT2D eigenvalue weighted by molar-refractivity contribution is -0.154. The van der Waals surface area contributed by atoms with Crippen LogP contribution >= 0.6 is 0 Å². The molecule has 1 saturated heterocycles. The first-order valence-corrected chi connectivity index (χ1v) is 7.21. The van der Waals surface area contributed by atoms with E-state index in [9.17, 15) is 4.79 Å². The van der Waals surface area contributed by atoms with Crippen LogP contribution in [-0.2, 0) is 9.53 Å². The minimum absolute atomic E-state index is 0.0101. The Kier molecular flexibility index (Phi) is 4.84. The Morgan fingerprint density at radius 3 is 2.41 bits per heavy atom. The maximum absolute atomic E-state index is 12.1. The molecule has 2 fully saturated rings.